The van der Waals surface area contributed by atoms with Crippen molar-refractivity contribution >= 4 is 27.8 Å². The van der Waals surface area contributed by atoms with E-state index in [9.17, 15) is 14.7 Å². The highest BCUT2D eigenvalue weighted by atomic mass is 79.9. The van der Waals surface area contributed by atoms with Gasteiger partial charge in [0, 0.05) is 23.5 Å². The Morgan fingerprint density at radius 2 is 2.23 bits per heavy atom. The third-order valence-corrected chi connectivity index (χ3v) is 4.50. The highest BCUT2D eigenvalue weighted by Crippen LogP contribution is 2.29. The van der Waals surface area contributed by atoms with Crippen LogP contribution in [0.5, 0.6) is 0 Å². The first-order valence-electron chi connectivity index (χ1n) is 6.74. The summed E-state index contributed by atoms with van der Waals surface area (Å²) in [7, 11) is 0. The summed E-state index contributed by atoms with van der Waals surface area (Å²) in [5.74, 6) is -1.28. The Kier molecular flexibility index (Phi) is 3.98. The van der Waals surface area contributed by atoms with E-state index in [1.54, 1.807) is 6.07 Å². The molecule has 1 aromatic carbocycles. The van der Waals surface area contributed by atoms with Gasteiger partial charge in [-0.15, -0.1) is 0 Å². The molecule has 0 saturated carbocycles. The highest BCUT2D eigenvalue weighted by Gasteiger charge is 2.35. The Hall–Kier alpha value is -2.15. The maximum absolute atomic E-state index is 12.4. The minimum absolute atomic E-state index is 0.0314. The van der Waals surface area contributed by atoms with Crippen LogP contribution >= 0.6 is 15.9 Å². The average molecular weight is 365 g/mol. The summed E-state index contributed by atoms with van der Waals surface area (Å²) >= 11 is 3.45. The topological polar surface area (TPSA) is 83.6 Å². The molecule has 7 heteroatoms. The van der Waals surface area contributed by atoms with Crippen molar-refractivity contribution in [1.29, 1.82) is 0 Å². The van der Waals surface area contributed by atoms with Crippen LogP contribution < -0.4 is 0 Å². The molecule has 6 nitrogen and oxygen atoms in total. The van der Waals surface area contributed by atoms with Gasteiger partial charge in [-0.3, -0.25) is 4.79 Å². The van der Waals surface area contributed by atoms with Gasteiger partial charge in [0.15, 0.2) is 0 Å². The maximum Gasteiger partial charge on any atom is 0.326 e. The third-order valence-electron chi connectivity index (χ3n) is 3.76. The molecule has 1 amide bonds. The predicted molar refractivity (Wildman–Crippen MR) is 80.0 cm³/mol. The van der Waals surface area contributed by atoms with Gasteiger partial charge in [0.05, 0.1) is 12.1 Å². The summed E-state index contributed by atoms with van der Waals surface area (Å²) in [4.78, 5) is 25.4. The summed E-state index contributed by atoms with van der Waals surface area (Å²) in [6.45, 7) is 0.280. The van der Waals surface area contributed by atoms with Crippen molar-refractivity contribution in [2.45, 2.75) is 25.4 Å². The number of aliphatic carboxylic acids is 1. The second kappa shape index (κ2) is 5.92. The molecule has 22 heavy (non-hydrogen) atoms. The quantitative estimate of drug-likeness (QED) is 0.900. The van der Waals surface area contributed by atoms with Gasteiger partial charge in [-0.05, 0) is 17.2 Å². The van der Waals surface area contributed by atoms with Crippen LogP contribution in [0.3, 0.4) is 0 Å². The normalized spacial score (nSPS) is 17.1. The van der Waals surface area contributed by atoms with Crippen LogP contribution in [0.15, 0.2) is 39.5 Å². The molecule has 1 aliphatic rings. The van der Waals surface area contributed by atoms with Gasteiger partial charge in [-0.1, -0.05) is 33.2 Å². The Bertz CT molecular complexity index is 714. The Labute approximate surface area is 134 Å². The Morgan fingerprint density at radius 1 is 1.41 bits per heavy atom. The van der Waals surface area contributed by atoms with Gasteiger partial charge in [0.2, 0.25) is 5.91 Å². The molecule has 1 aliphatic heterocycles. The molecule has 0 spiro atoms. The van der Waals surface area contributed by atoms with Gasteiger partial charge >= 0.3 is 5.97 Å². The number of aromatic nitrogens is 1. The lowest BCUT2D eigenvalue weighted by Gasteiger charge is -2.34. The fourth-order valence-electron chi connectivity index (χ4n) is 2.65. The number of carboxylic acids is 1. The Balaban J connectivity index is 1.89. The lowest BCUT2D eigenvalue weighted by Crippen LogP contribution is -2.49. The number of carboxylic acid groups (broad SMARTS) is 1. The molecule has 0 bridgehead atoms. The summed E-state index contributed by atoms with van der Waals surface area (Å²) < 4.78 is 5.58. The lowest BCUT2D eigenvalue weighted by molar-refractivity contribution is -0.151. The average Bonchev–Trinajstić information content (AvgIpc) is 2.99. The molecule has 1 N–H and O–H groups in total. The van der Waals surface area contributed by atoms with Crippen molar-refractivity contribution < 1.29 is 19.2 Å². The largest absolute Gasteiger partial charge is 0.480 e. The fourth-order valence-corrected chi connectivity index (χ4v) is 3.21. The zero-order valence-electron chi connectivity index (χ0n) is 11.5. The zero-order valence-corrected chi connectivity index (χ0v) is 13.1. The summed E-state index contributed by atoms with van der Waals surface area (Å²) in [6.07, 6.45) is 1.71. The number of carbonyl (C=O) groups is 2. The van der Waals surface area contributed by atoms with Crippen LogP contribution in [0.4, 0.5) is 0 Å². The van der Waals surface area contributed by atoms with Crippen molar-refractivity contribution in [2.75, 3.05) is 0 Å². The van der Waals surface area contributed by atoms with Crippen LogP contribution in [-0.2, 0) is 29.0 Å². The summed E-state index contributed by atoms with van der Waals surface area (Å²) in [6, 6.07) is 6.40. The van der Waals surface area contributed by atoms with Gasteiger partial charge in [-0.2, -0.15) is 0 Å². The molecule has 1 unspecified atom stereocenters. The number of hydrogen-bond donors (Lipinski definition) is 1. The predicted octanol–water partition coefficient (Wildman–Crippen LogP) is 2.02. The molecule has 0 aliphatic carbocycles. The first-order valence-corrected chi connectivity index (χ1v) is 7.53. The smallest absolute Gasteiger partial charge is 0.326 e. The monoisotopic (exact) mass is 364 g/mol. The minimum Gasteiger partial charge on any atom is -0.480 e. The molecule has 0 radical (unpaired) electrons. The SMILES string of the molecule is O=C(O)C1Cc2c(Br)cccc2CN1C(=O)Cc1ccon1. The van der Waals surface area contributed by atoms with E-state index >= 15 is 0 Å². The second-order valence-corrected chi connectivity index (χ2v) is 5.98. The zero-order chi connectivity index (χ0) is 15.7. The van der Waals surface area contributed by atoms with Gasteiger partial charge < -0.3 is 14.5 Å². The molecule has 1 aromatic heterocycles. The van der Waals surface area contributed by atoms with E-state index < -0.39 is 12.0 Å². The van der Waals surface area contributed by atoms with E-state index in [4.69, 9.17) is 4.52 Å². The van der Waals surface area contributed by atoms with E-state index in [2.05, 4.69) is 21.1 Å². The van der Waals surface area contributed by atoms with Crippen molar-refractivity contribution in [2.24, 2.45) is 0 Å². The number of amides is 1. The number of rotatable bonds is 3. The van der Waals surface area contributed by atoms with Crippen molar-refractivity contribution in [3.05, 3.63) is 51.8 Å². The summed E-state index contributed by atoms with van der Waals surface area (Å²) in [5, 5.41) is 13.2. The number of hydrogen-bond acceptors (Lipinski definition) is 4. The second-order valence-electron chi connectivity index (χ2n) is 5.12. The van der Waals surface area contributed by atoms with Crippen LogP contribution in [0.1, 0.15) is 16.8 Å². The van der Waals surface area contributed by atoms with Gasteiger partial charge in [0.1, 0.15) is 12.3 Å². The molecule has 0 saturated heterocycles. The van der Waals surface area contributed by atoms with E-state index in [0.29, 0.717) is 5.69 Å². The van der Waals surface area contributed by atoms with Crippen LogP contribution in [0, 0.1) is 0 Å². The maximum atomic E-state index is 12.4. The standard InChI is InChI=1S/C15H13BrN2O4/c16-12-3-1-2-9-8-18(13(15(20)21)7-11(9)12)14(19)6-10-4-5-22-17-10/h1-5,13H,6-8H2,(H,20,21). The molecular formula is C15H13BrN2O4. The minimum atomic E-state index is -1.00. The van der Waals surface area contributed by atoms with Crippen LogP contribution in [0.25, 0.3) is 0 Å². The van der Waals surface area contributed by atoms with Gasteiger partial charge in [0.25, 0.3) is 0 Å². The number of nitrogens with zero attached hydrogens (tertiary/aromatic N) is 2. The summed E-state index contributed by atoms with van der Waals surface area (Å²) in [5.41, 5.74) is 2.40. The van der Waals surface area contributed by atoms with E-state index in [1.165, 1.54) is 11.2 Å². The van der Waals surface area contributed by atoms with E-state index in [-0.39, 0.29) is 25.3 Å². The first-order chi connectivity index (χ1) is 10.6. The Morgan fingerprint density at radius 3 is 2.91 bits per heavy atom. The van der Waals surface area contributed by atoms with Gasteiger partial charge in [-0.25, -0.2) is 4.79 Å². The van der Waals surface area contributed by atoms with Crippen molar-refractivity contribution in [3.63, 3.8) is 0 Å². The van der Waals surface area contributed by atoms with Crippen LogP contribution in [-0.4, -0.2) is 33.1 Å². The number of halogens is 1. The molecule has 2 heterocycles. The lowest BCUT2D eigenvalue weighted by atomic mass is 9.93. The molecule has 114 valence electrons. The van der Waals surface area contributed by atoms with Crippen LogP contribution in [0.2, 0.25) is 0 Å². The van der Waals surface area contributed by atoms with E-state index in [1.807, 2.05) is 18.2 Å². The molecule has 1 atom stereocenters. The first kappa shape index (κ1) is 14.8. The fraction of sp³-hybridized carbons (Fsp3) is 0.267. The molecule has 0 fully saturated rings. The molecule has 2 aromatic rings. The van der Waals surface area contributed by atoms with E-state index in [0.717, 1.165) is 15.6 Å². The number of fused-ring (bicyclic) bond motifs is 1. The number of benzene rings is 1. The number of carbonyl (C=O) groups excluding carboxylic acids is 1. The van der Waals surface area contributed by atoms with Crippen molar-refractivity contribution in [3.8, 4) is 0 Å². The molecule has 3 rings (SSSR count). The third kappa shape index (κ3) is 2.76. The van der Waals surface area contributed by atoms with Crippen molar-refractivity contribution in [1.82, 2.24) is 10.1 Å². The highest BCUT2D eigenvalue weighted by molar-refractivity contribution is 9.10. The molecular weight excluding hydrogens is 352 g/mol.